The number of rotatable bonds is 8. The second-order valence-corrected chi connectivity index (χ2v) is 8.67. The molecular weight excluding hydrogens is 382 g/mol. The fourth-order valence-corrected chi connectivity index (χ4v) is 3.60. The lowest BCUT2D eigenvalue weighted by molar-refractivity contribution is -0.385. The monoisotopic (exact) mass is 405 g/mol. The number of carbonyl (C=O) groups excluding carboxylic acids is 1. The van der Waals surface area contributed by atoms with Crippen LogP contribution in [0, 0.1) is 17.0 Å². The molecule has 28 heavy (non-hydrogen) atoms. The van der Waals surface area contributed by atoms with Gasteiger partial charge in [0, 0.05) is 25.2 Å². The van der Waals surface area contributed by atoms with E-state index in [1.165, 1.54) is 18.2 Å². The lowest BCUT2D eigenvalue weighted by Gasteiger charge is -2.24. The minimum atomic E-state index is -3.91. The molecule has 8 nitrogen and oxygen atoms in total. The van der Waals surface area contributed by atoms with Gasteiger partial charge in [-0.05, 0) is 32.4 Å². The Balaban J connectivity index is 1.94. The van der Waals surface area contributed by atoms with Gasteiger partial charge in [-0.15, -0.1) is 0 Å². The first-order chi connectivity index (χ1) is 13.0. The molecule has 0 bridgehead atoms. The van der Waals surface area contributed by atoms with Crippen molar-refractivity contribution >= 4 is 21.6 Å². The molecule has 0 radical (unpaired) electrons. The van der Waals surface area contributed by atoms with Gasteiger partial charge in [-0.25, -0.2) is 13.1 Å². The first kappa shape index (κ1) is 21.5. The van der Waals surface area contributed by atoms with Gasteiger partial charge in [-0.3, -0.25) is 14.9 Å². The fraction of sp³-hybridized carbons (Fsp3) is 0.316. The highest BCUT2D eigenvalue weighted by Gasteiger charge is 2.29. The molecule has 0 unspecified atom stereocenters. The Morgan fingerprint density at radius 1 is 1.11 bits per heavy atom. The summed E-state index contributed by atoms with van der Waals surface area (Å²) in [6, 6.07) is 12.4. The average Bonchev–Trinajstić information content (AvgIpc) is 2.65. The summed E-state index contributed by atoms with van der Waals surface area (Å²) in [5, 5.41) is 13.5. The van der Waals surface area contributed by atoms with Crippen LogP contribution in [-0.2, 0) is 20.2 Å². The van der Waals surface area contributed by atoms with Crippen LogP contribution in [0.2, 0.25) is 0 Å². The number of aryl methyl sites for hydroxylation is 1. The summed E-state index contributed by atoms with van der Waals surface area (Å²) in [6.45, 7) is 5.59. The molecule has 0 fully saturated rings. The van der Waals surface area contributed by atoms with Crippen LogP contribution in [0.1, 0.15) is 25.0 Å². The van der Waals surface area contributed by atoms with Crippen molar-refractivity contribution in [3.63, 3.8) is 0 Å². The number of nitro benzene ring substituents is 1. The number of carbonyl (C=O) groups is 1. The maximum atomic E-state index is 12.5. The number of nitrogens with one attached hydrogen (secondary N) is 2. The highest BCUT2D eigenvalue weighted by Crippen LogP contribution is 2.23. The van der Waals surface area contributed by atoms with Crippen LogP contribution in [0.15, 0.2) is 53.4 Å². The Kier molecular flexibility index (Phi) is 6.52. The van der Waals surface area contributed by atoms with Crippen molar-refractivity contribution in [2.45, 2.75) is 31.1 Å². The van der Waals surface area contributed by atoms with E-state index in [4.69, 9.17) is 0 Å². The third-order valence-electron chi connectivity index (χ3n) is 4.38. The normalized spacial score (nSPS) is 11.8. The number of amides is 1. The lowest BCUT2D eigenvalue weighted by atomic mass is 9.83. The predicted octanol–water partition coefficient (Wildman–Crippen LogP) is 2.28. The fourth-order valence-electron chi connectivity index (χ4n) is 2.53. The molecule has 2 N–H and O–H groups in total. The van der Waals surface area contributed by atoms with Crippen molar-refractivity contribution in [1.29, 1.82) is 0 Å². The number of nitrogens with zero attached hydrogens (tertiary/aromatic N) is 1. The second kappa shape index (κ2) is 8.49. The molecule has 2 rings (SSSR count). The third-order valence-corrected chi connectivity index (χ3v) is 5.84. The first-order valence-corrected chi connectivity index (χ1v) is 10.1. The molecule has 0 aliphatic heterocycles. The molecule has 0 aliphatic carbocycles. The van der Waals surface area contributed by atoms with Crippen LogP contribution < -0.4 is 10.0 Å². The van der Waals surface area contributed by atoms with Crippen molar-refractivity contribution in [2.24, 2.45) is 0 Å². The molecule has 0 heterocycles. The predicted molar refractivity (Wildman–Crippen MR) is 105 cm³/mol. The van der Waals surface area contributed by atoms with Gasteiger partial charge < -0.3 is 5.32 Å². The van der Waals surface area contributed by atoms with Crippen molar-refractivity contribution in [3.05, 3.63) is 69.8 Å². The van der Waals surface area contributed by atoms with Crippen LogP contribution in [0.3, 0.4) is 0 Å². The van der Waals surface area contributed by atoms with Crippen molar-refractivity contribution in [1.82, 2.24) is 10.0 Å². The van der Waals surface area contributed by atoms with E-state index >= 15 is 0 Å². The molecule has 0 saturated carbocycles. The molecule has 0 atom stereocenters. The van der Waals surface area contributed by atoms with Crippen molar-refractivity contribution in [3.8, 4) is 0 Å². The Hall–Kier alpha value is -2.78. The minimum absolute atomic E-state index is 0.0409. The number of nitro groups is 1. The zero-order chi connectivity index (χ0) is 20.9. The molecule has 0 aliphatic rings. The minimum Gasteiger partial charge on any atom is -0.354 e. The summed E-state index contributed by atoms with van der Waals surface area (Å²) in [7, 11) is -3.91. The number of sulfonamides is 1. The van der Waals surface area contributed by atoms with Crippen LogP contribution in [0.5, 0.6) is 0 Å². The zero-order valence-corrected chi connectivity index (χ0v) is 16.7. The van der Waals surface area contributed by atoms with Gasteiger partial charge in [0.15, 0.2) is 0 Å². The highest BCUT2D eigenvalue weighted by molar-refractivity contribution is 7.89. The van der Waals surface area contributed by atoms with E-state index in [1.54, 1.807) is 13.8 Å². The van der Waals surface area contributed by atoms with Gasteiger partial charge in [0.2, 0.25) is 15.9 Å². The summed E-state index contributed by atoms with van der Waals surface area (Å²) in [5.41, 5.74) is 0.867. The number of benzene rings is 2. The third kappa shape index (κ3) is 5.14. The summed E-state index contributed by atoms with van der Waals surface area (Å²) >= 11 is 0. The van der Waals surface area contributed by atoms with Gasteiger partial charge in [0.25, 0.3) is 5.69 Å². The molecule has 9 heteroatoms. The zero-order valence-electron chi connectivity index (χ0n) is 15.9. The van der Waals surface area contributed by atoms with Crippen LogP contribution in [0.4, 0.5) is 5.69 Å². The highest BCUT2D eigenvalue weighted by atomic mass is 32.2. The molecule has 150 valence electrons. The van der Waals surface area contributed by atoms with Crippen molar-refractivity contribution < 1.29 is 18.1 Å². The SMILES string of the molecule is Cc1ccc(C(C)(C)C(=O)NCCNS(=O)(=O)c2cccc([N+](=O)[O-])c2)cc1. The standard InChI is InChI=1S/C19H23N3O5S/c1-14-7-9-15(10-8-14)19(2,3)18(23)20-11-12-21-28(26,27)17-6-4-5-16(13-17)22(24)25/h4-10,13,21H,11-12H2,1-3H3,(H,20,23). The van der Waals surface area contributed by atoms with Gasteiger partial charge in [-0.2, -0.15) is 0 Å². The quantitative estimate of drug-likeness (QED) is 0.397. The number of hydrogen-bond acceptors (Lipinski definition) is 5. The maximum absolute atomic E-state index is 12.5. The van der Waals surface area contributed by atoms with Gasteiger partial charge >= 0.3 is 0 Å². The van der Waals surface area contributed by atoms with E-state index in [9.17, 15) is 23.3 Å². The molecule has 1 amide bonds. The Morgan fingerprint density at radius 2 is 1.75 bits per heavy atom. The molecule has 0 saturated heterocycles. The van der Waals surface area contributed by atoms with E-state index in [1.807, 2.05) is 31.2 Å². The van der Waals surface area contributed by atoms with E-state index < -0.39 is 20.4 Å². The van der Waals surface area contributed by atoms with Crippen LogP contribution >= 0.6 is 0 Å². The van der Waals surface area contributed by atoms with Gasteiger partial charge in [-0.1, -0.05) is 35.9 Å². The van der Waals surface area contributed by atoms with Crippen LogP contribution in [0.25, 0.3) is 0 Å². The molecular formula is C19H23N3O5S. The summed E-state index contributed by atoms with van der Waals surface area (Å²) < 4.78 is 26.8. The lowest BCUT2D eigenvalue weighted by Crippen LogP contribution is -2.43. The smallest absolute Gasteiger partial charge is 0.270 e. The van der Waals surface area contributed by atoms with Gasteiger partial charge in [0.1, 0.15) is 0 Å². The largest absolute Gasteiger partial charge is 0.354 e. The van der Waals surface area contributed by atoms with Gasteiger partial charge in [0.05, 0.1) is 15.2 Å². The Bertz CT molecular complexity index is 969. The first-order valence-electron chi connectivity index (χ1n) is 8.63. The second-order valence-electron chi connectivity index (χ2n) is 6.90. The molecule has 0 aromatic heterocycles. The number of hydrogen-bond donors (Lipinski definition) is 2. The van der Waals surface area contributed by atoms with Crippen LogP contribution in [-0.4, -0.2) is 32.3 Å². The average molecular weight is 405 g/mol. The summed E-state index contributed by atoms with van der Waals surface area (Å²) in [6.07, 6.45) is 0. The topological polar surface area (TPSA) is 118 Å². The Morgan fingerprint density at radius 3 is 2.36 bits per heavy atom. The van der Waals surface area contributed by atoms with E-state index in [0.29, 0.717) is 0 Å². The maximum Gasteiger partial charge on any atom is 0.270 e. The van der Waals surface area contributed by atoms with E-state index in [0.717, 1.165) is 17.2 Å². The Labute approximate surface area is 164 Å². The summed E-state index contributed by atoms with van der Waals surface area (Å²) in [4.78, 5) is 22.4. The summed E-state index contributed by atoms with van der Waals surface area (Å²) in [5.74, 6) is -0.231. The molecule has 2 aromatic carbocycles. The molecule has 2 aromatic rings. The number of non-ortho nitro benzene ring substituents is 1. The molecule has 0 spiro atoms. The van der Waals surface area contributed by atoms with Crippen molar-refractivity contribution in [2.75, 3.05) is 13.1 Å². The van der Waals surface area contributed by atoms with E-state index in [-0.39, 0.29) is 29.6 Å². The van der Waals surface area contributed by atoms with E-state index in [2.05, 4.69) is 10.0 Å².